The fourth-order valence-corrected chi connectivity index (χ4v) is 2.21. The van der Waals surface area contributed by atoms with Gasteiger partial charge in [0, 0.05) is 11.8 Å². The summed E-state index contributed by atoms with van der Waals surface area (Å²) in [5.41, 5.74) is 6.22. The summed E-state index contributed by atoms with van der Waals surface area (Å²) in [6, 6.07) is 5.12. The summed E-state index contributed by atoms with van der Waals surface area (Å²) < 4.78 is 32.6. The van der Waals surface area contributed by atoms with Crippen LogP contribution in [0.5, 0.6) is 11.5 Å². The zero-order valence-corrected chi connectivity index (χ0v) is 12.5. The molecule has 0 radical (unpaired) electrons. The molecule has 0 spiro atoms. The van der Waals surface area contributed by atoms with Crippen molar-refractivity contribution in [1.29, 1.82) is 0 Å². The van der Waals surface area contributed by atoms with E-state index in [1.165, 1.54) is 13.4 Å². The van der Waals surface area contributed by atoms with Gasteiger partial charge in [0.25, 0.3) is 0 Å². The molecule has 0 saturated heterocycles. The van der Waals surface area contributed by atoms with Gasteiger partial charge in [-0.2, -0.15) is 0 Å². The van der Waals surface area contributed by atoms with E-state index in [1.807, 2.05) is 0 Å². The first-order valence-corrected chi connectivity index (χ1v) is 8.09. The van der Waals surface area contributed by atoms with Crippen LogP contribution in [-0.4, -0.2) is 39.1 Å². The van der Waals surface area contributed by atoms with Gasteiger partial charge in [-0.15, -0.1) is 0 Å². The summed E-state index contributed by atoms with van der Waals surface area (Å²) >= 11 is 4.87. The highest BCUT2D eigenvalue weighted by molar-refractivity contribution is 7.90. The molecule has 0 fully saturated rings. The van der Waals surface area contributed by atoms with Crippen LogP contribution in [0.3, 0.4) is 0 Å². The van der Waals surface area contributed by atoms with E-state index >= 15 is 0 Å². The largest absolute Gasteiger partial charge is 0.493 e. The molecule has 0 aliphatic rings. The molecule has 0 bridgehead atoms. The molecule has 0 aliphatic heterocycles. The van der Waals surface area contributed by atoms with Crippen LogP contribution in [0, 0.1) is 0 Å². The van der Waals surface area contributed by atoms with Crippen LogP contribution in [0.25, 0.3) is 0 Å². The molecule has 0 aromatic heterocycles. The smallest absolute Gasteiger partial charge is 0.161 e. The number of nitrogens with two attached hydrogens (primary N) is 1. The van der Waals surface area contributed by atoms with Gasteiger partial charge >= 0.3 is 0 Å². The van der Waals surface area contributed by atoms with Crippen LogP contribution in [0.15, 0.2) is 18.2 Å². The normalized spacial score (nSPS) is 11.1. The van der Waals surface area contributed by atoms with Crippen molar-refractivity contribution in [2.45, 2.75) is 6.42 Å². The lowest BCUT2D eigenvalue weighted by molar-refractivity contribution is 0.294. The van der Waals surface area contributed by atoms with E-state index in [9.17, 15) is 8.42 Å². The number of thiocarbonyl (C=S) groups is 1. The Morgan fingerprint density at radius 1 is 1.37 bits per heavy atom. The van der Waals surface area contributed by atoms with Crippen molar-refractivity contribution >= 4 is 27.0 Å². The van der Waals surface area contributed by atoms with Gasteiger partial charge < -0.3 is 15.2 Å². The number of hydrogen-bond donors (Lipinski definition) is 1. The predicted octanol–water partition coefficient (Wildman–Crippen LogP) is 1.14. The molecule has 0 amide bonds. The molecule has 7 heteroatoms. The Morgan fingerprint density at radius 3 is 2.58 bits per heavy atom. The molecule has 19 heavy (non-hydrogen) atoms. The molecule has 106 valence electrons. The van der Waals surface area contributed by atoms with Gasteiger partial charge in [0.05, 0.1) is 19.5 Å². The lowest BCUT2D eigenvalue weighted by Crippen LogP contribution is -2.10. The highest BCUT2D eigenvalue weighted by Gasteiger charge is 2.08. The van der Waals surface area contributed by atoms with Crippen LogP contribution in [0.1, 0.15) is 12.0 Å². The maximum atomic E-state index is 11.0. The summed E-state index contributed by atoms with van der Waals surface area (Å²) in [6.07, 6.45) is 1.63. The number of benzene rings is 1. The van der Waals surface area contributed by atoms with Crippen molar-refractivity contribution < 1.29 is 17.9 Å². The van der Waals surface area contributed by atoms with E-state index in [0.29, 0.717) is 30.1 Å². The maximum absolute atomic E-state index is 11.0. The van der Waals surface area contributed by atoms with Crippen molar-refractivity contribution in [1.82, 2.24) is 0 Å². The molecule has 1 rings (SSSR count). The van der Waals surface area contributed by atoms with Crippen LogP contribution in [-0.2, 0) is 9.84 Å². The molecule has 0 saturated carbocycles. The average Bonchev–Trinajstić information content (AvgIpc) is 2.33. The van der Waals surface area contributed by atoms with Gasteiger partial charge in [0.15, 0.2) is 11.5 Å². The lowest BCUT2D eigenvalue weighted by atomic mass is 10.2. The second-order valence-corrected chi connectivity index (χ2v) is 6.76. The van der Waals surface area contributed by atoms with Crippen LogP contribution >= 0.6 is 12.2 Å². The zero-order valence-electron chi connectivity index (χ0n) is 10.9. The SMILES string of the molecule is COc1cc(C(N)=S)ccc1OCCCS(C)(=O)=O. The van der Waals surface area contributed by atoms with E-state index in [0.717, 1.165) is 0 Å². The molecule has 1 aromatic rings. The van der Waals surface area contributed by atoms with E-state index in [1.54, 1.807) is 18.2 Å². The van der Waals surface area contributed by atoms with Crippen molar-refractivity contribution in [2.75, 3.05) is 25.7 Å². The third-order valence-corrected chi connectivity index (χ3v) is 3.63. The Balaban J connectivity index is 2.66. The topological polar surface area (TPSA) is 78.6 Å². The van der Waals surface area contributed by atoms with Gasteiger partial charge in [-0.1, -0.05) is 12.2 Å². The minimum absolute atomic E-state index is 0.0975. The van der Waals surface area contributed by atoms with Crippen LogP contribution < -0.4 is 15.2 Å². The number of ether oxygens (including phenoxy) is 2. The third-order valence-electron chi connectivity index (χ3n) is 2.37. The van der Waals surface area contributed by atoms with Crippen molar-refractivity contribution in [3.63, 3.8) is 0 Å². The number of rotatable bonds is 7. The molecule has 0 unspecified atom stereocenters. The summed E-state index contributed by atoms with van der Waals surface area (Å²) in [6.45, 7) is 0.301. The van der Waals surface area contributed by atoms with Gasteiger partial charge in [-0.3, -0.25) is 0 Å². The monoisotopic (exact) mass is 303 g/mol. The number of hydrogen-bond acceptors (Lipinski definition) is 5. The second-order valence-electron chi connectivity index (χ2n) is 4.06. The molecule has 5 nitrogen and oxygen atoms in total. The first-order chi connectivity index (χ1) is 8.83. The molecule has 0 aliphatic carbocycles. The van der Waals surface area contributed by atoms with E-state index in [-0.39, 0.29) is 10.7 Å². The lowest BCUT2D eigenvalue weighted by Gasteiger charge is -2.11. The minimum atomic E-state index is -2.96. The van der Waals surface area contributed by atoms with Crippen molar-refractivity contribution in [3.8, 4) is 11.5 Å². The Kier molecular flexibility index (Phi) is 5.56. The quantitative estimate of drug-likeness (QED) is 0.601. The fourth-order valence-electron chi connectivity index (χ4n) is 1.44. The highest BCUT2D eigenvalue weighted by atomic mass is 32.2. The molecule has 2 N–H and O–H groups in total. The maximum Gasteiger partial charge on any atom is 0.161 e. The number of sulfone groups is 1. The van der Waals surface area contributed by atoms with Crippen LogP contribution in [0.2, 0.25) is 0 Å². The standard InChI is InChI=1S/C12H17NO4S2/c1-16-11-8-9(12(13)18)4-5-10(11)17-6-3-7-19(2,14)15/h4-5,8H,3,6-7H2,1-2H3,(H2,13,18). The number of methoxy groups -OCH3 is 1. The first kappa shape index (κ1) is 15.7. The Morgan fingerprint density at radius 2 is 2.05 bits per heavy atom. The average molecular weight is 303 g/mol. The zero-order chi connectivity index (χ0) is 14.5. The van der Waals surface area contributed by atoms with Gasteiger partial charge in [-0.25, -0.2) is 8.42 Å². The predicted molar refractivity (Wildman–Crippen MR) is 78.7 cm³/mol. The Hall–Kier alpha value is -1.34. The van der Waals surface area contributed by atoms with E-state index < -0.39 is 9.84 Å². The van der Waals surface area contributed by atoms with Gasteiger partial charge in [-0.05, 0) is 24.6 Å². The molecular formula is C12H17NO4S2. The summed E-state index contributed by atoms with van der Waals surface area (Å²) in [5.74, 6) is 1.15. The molecule has 0 heterocycles. The summed E-state index contributed by atoms with van der Waals surface area (Å²) in [4.78, 5) is 0.280. The second kappa shape index (κ2) is 6.72. The molecule has 0 atom stereocenters. The minimum Gasteiger partial charge on any atom is -0.493 e. The fraction of sp³-hybridized carbons (Fsp3) is 0.417. The third kappa shape index (κ3) is 5.44. The Labute approximate surface area is 118 Å². The van der Waals surface area contributed by atoms with Crippen LogP contribution in [0.4, 0.5) is 0 Å². The van der Waals surface area contributed by atoms with E-state index in [4.69, 9.17) is 27.4 Å². The van der Waals surface area contributed by atoms with E-state index in [2.05, 4.69) is 0 Å². The summed E-state index contributed by atoms with van der Waals surface area (Å²) in [7, 11) is -1.44. The van der Waals surface area contributed by atoms with Crippen molar-refractivity contribution in [2.24, 2.45) is 5.73 Å². The van der Waals surface area contributed by atoms with Crippen molar-refractivity contribution in [3.05, 3.63) is 23.8 Å². The highest BCUT2D eigenvalue weighted by Crippen LogP contribution is 2.28. The Bertz CT molecular complexity index is 555. The molecular weight excluding hydrogens is 286 g/mol. The molecule has 1 aromatic carbocycles. The van der Waals surface area contributed by atoms with Gasteiger partial charge in [0.1, 0.15) is 14.8 Å². The van der Waals surface area contributed by atoms with Gasteiger partial charge in [0.2, 0.25) is 0 Å². The summed E-state index contributed by atoms with van der Waals surface area (Å²) in [5, 5.41) is 0. The first-order valence-electron chi connectivity index (χ1n) is 5.62.